The highest BCUT2D eigenvalue weighted by Crippen LogP contribution is 2.37. The lowest BCUT2D eigenvalue weighted by atomic mass is 9.87. The molecule has 0 saturated heterocycles. The standard InChI is InChI=1S/C24H20F3NO/c25-24(26,27)20-12-10-19(11-13-20)23-21-9-5-4-8-18(21)14-15-28(23)22(29)16-17-6-2-1-3-7-17/h1-13,23H,14-16H2. The van der Waals surface area contributed by atoms with Gasteiger partial charge in [-0.25, -0.2) is 0 Å². The van der Waals surface area contributed by atoms with Gasteiger partial charge in [0.15, 0.2) is 0 Å². The van der Waals surface area contributed by atoms with Gasteiger partial charge in [-0.3, -0.25) is 4.79 Å². The van der Waals surface area contributed by atoms with Crippen molar-refractivity contribution in [1.82, 2.24) is 4.90 Å². The van der Waals surface area contributed by atoms with Crippen LogP contribution in [0.15, 0.2) is 78.9 Å². The van der Waals surface area contributed by atoms with Crippen LogP contribution in [0.5, 0.6) is 0 Å². The van der Waals surface area contributed by atoms with E-state index in [1.54, 1.807) is 4.90 Å². The van der Waals surface area contributed by atoms with Crippen LogP contribution in [0.25, 0.3) is 0 Å². The smallest absolute Gasteiger partial charge is 0.331 e. The van der Waals surface area contributed by atoms with E-state index in [2.05, 4.69) is 0 Å². The van der Waals surface area contributed by atoms with Crippen molar-refractivity contribution in [2.24, 2.45) is 0 Å². The van der Waals surface area contributed by atoms with Crippen molar-refractivity contribution in [2.45, 2.75) is 25.1 Å². The number of fused-ring (bicyclic) bond motifs is 1. The van der Waals surface area contributed by atoms with Crippen molar-refractivity contribution < 1.29 is 18.0 Å². The Morgan fingerprint density at radius 2 is 1.55 bits per heavy atom. The Morgan fingerprint density at radius 1 is 0.897 bits per heavy atom. The minimum absolute atomic E-state index is 0.0319. The molecular weight excluding hydrogens is 375 g/mol. The molecule has 0 spiro atoms. The Kier molecular flexibility index (Phi) is 5.14. The Labute approximate surface area is 167 Å². The molecule has 0 radical (unpaired) electrons. The molecule has 1 heterocycles. The number of rotatable bonds is 3. The third-order valence-corrected chi connectivity index (χ3v) is 5.36. The second-order valence-corrected chi connectivity index (χ2v) is 7.22. The average molecular weight is 395 g/mol. The van der Waals surface area contributed by atoms with E-state index in [1.807, 2.05) is 54.6 Å². The number of benzene rings is 3. The SMILES string of the molecule is O=C(Cc1ccccc1)N1CCc2ccccc2C1c1ccc(C(F)(F)F)cc1. The summed E-state index contributed by atoms with van der Waals surface area (Å²) >= 11 is 0. The van der Waals surface area contributed by atoms with E-state index in [0.717, 1.165) is 35.2 Å². The summed E-state index contributed by atoms with van der Waals surface area (Å²) in [5.41, 5.74) is 3.02. The molecule has 0 N–H and O–H groups in total. The maximum Gasteiger partial charge on any atom is 0.416 e. The quantitative estimate of drug-likeness (QED) is 0.580. The Balaban J connectivity index is 1.70. The first-order chi connectivity index (χ1) is 13.9. The molecule has 5 heteroatoms. The fourth-order valence-corrected chi connectivity index (χ4v) is 3.92. The van der Waals surface area contributed by atoms with Gasteiger partial charge < -0.3 is 4.90 Å². The number of carbonyl (C=O) groups excluding carboxylic acids is 1. The van der Waals surface area contributed by atoms with Gasteiger partial charge in [-0.1, -0.05) is 66.7 Å². The van der Waals surface area contributed by atoms with Gasteiger partial charge in [-0.2, -0.15) is 13.2 Å². The van der Waals surface area contributed by atoms with Crippen molar-refractivity contribution in [3.63, 3.8) is 0 Å². The summed E-state index contributed by atoms with van der Waals surface area (Å²) in [7, 11) is 0. The van der Waals surface area contributed by atoms with Crippen LogP contribution in [-0.2, 0) is 23.8 Å². The number of alkyl halides is 3. The van der Waals surface area contributed by atoms with Crippen LogP contribution in [-0.4, -0.2) is 17.4 Å². The molecule has 0 fully saturated rings. The van der Waals surface area contributed by atoms with Crippen molar-refractivity contribution in [1.29, 1.82) is 0 Å². The Bertz CT molecular complexity index is 997. The third-order valence-electron chi connectivity index (χ3n) is 5.36. The maximum absolute atomic E-state index is 13.1. The van der Waals surface area contributed by atoms with Crippen LogP contribution in [0.1, 0.15) is 33.9 Å². The Hall–Kier alpha value is -3.08. The van der Waals surface area contributed by atoms with E-state index >= 15 is 0 Å². The van der Waals surface area contributed by atoms with Gasteiger partial charge >= 0.3 is 6.18 Å². The normalized spacial score (nSPS) is 16.4. The van der Waals surface area contributed by atoms with Gasteiger partial charge in [0, 0.05) is 6.54 Å². The maximum atomic E-state index is 13.1. The van der Waals surface area contributed by atoms with Gasteiger partial charge in [-0.05, 0) is 40.8 Å². The molecule has 1 unspecified atom stereocenters. The summed E-state index contributed by atoms with van der Waals surface area (Å²) < 4.78 is 39.0. The first-order valence-electron chi connectivity index (χ1n) is 9.52. The van der Waals surface area contributed by atoms with Crippen LogP contribution < -0.4 is 0 Å². The summed E-state index contributed by atoms with van der Waals surface area (Å²) in [5.74, 6) is -0.0319. The number of nitrogens with zero attached hydrogens (tertiary/aromatic N) is 1. The lowest BCUT2D eigenvalue weighted by Crippen LogP contribution is -2.41. The van der Waals surface area contributed by atoms with Crippen LogP contribution in [0, 0.1) is 0 Å². The molecule has 2 nitrogen and oxygen atoms in total. The van der Waals surface area contributed by atoms with Crippen molar-refractivity contribution in [3.8, 4) is 0 Å². The van der Waals surface area contributed by atoms with Crippen molar-refractivity contribution in [3.05, 3.63) is 107 Å². The summed E-state index contributed by atoms with van der Waals surface area (Å²) in [4.78, 5) is 14.9. The van der Waals surface area contributed by atoms with E-state index < -0.39 is 17.8 Å². The highest BCUT2D eigenvalue weighted by molar-refractivity contribution is 5.80. The molecule has 1 aliphatic heterocycles. The predicted octanol–water partition coefficient (Wildman–Crippen LogP) is 5.42. The molecule has 4 rings (SSSR count). The lowest BCUT2D eigenvalue weighted by Gasteiger charge is -2.38. The average Bonchev–Trinajstić information content (AvgIpc) is 2.73. The number of amides is 1. The van der Waals surface area contributed by atoms with Gasteiger partial charge in [-0.15, -0.1) is 0 Å². The molecule has 3 aromatic carbocycles. The molecule has 1 aliphatic rings. The fourth-order valence-electron chi connectivity index (χ4n) is 3.92. The van der Waals surface area contributed by atoms with Gasteiger partial charge in [0.25, 0.3) is 0 Å². The zero-order chi connectivity index (χ0) is 20.4. The molecule has 29 heavy (non-hydrogen) atoms. The van der Waals surface area contributed by atoms with E-state index in [9.17, 15) is 18.0 Å². The molecule has 148 valence electrons. The van der Waals surface area contributed by atoms with E-state index in [-0.39, 0.29) is 12.3 Å². The molecule has 0 aromatic heterocycles. The zero-order valence-electron chi connectivity index (χ0n) is 15.7. The largest absolute Gasteiger partial charge is 0.416 e. The number of carbonyl (C=O) groups is 1. The summed E-state index contributed by atoms with van der Waals surface area (Å²) in [6.07, 6.45) is -3.39. The topological polar surface area (TPSA) is 20.3 Å². The number of hydrogen-bond donors (Lipinski definition) is 0. The second kappa shape index (κ2) is 7.74. The predicted molar refractivity (Wildman–Crippen MR) is 105 cm³/mol. The molecular formula is C24H20F3NO. The molecule has 3 aromatic rings. The van der Waals surface area contributed by atoms with Crippen molar-refractivity contribution in [2.75, 3.05) is 6.54 Å². The van der Waals surface area contributed by atoms with E-state index in [4.69, 9.17) is 0 Å². The van der Waals surface area contributed by atoms with Gasteiger partial charge in [0.1, 0.15) is 0 Å². The van der Waals surface area contributed by atoms with Gasteiger partial charge in [0.05, 0.1) is 18.0 Å². The molecule has 0 aliphatic carbocycles. The first-order valence-corrected chi connectivity index (χ1v) is 9.52. The molecule has 1 amide bonds. The van der Waals surface area contributed by atoms with Gasteiger partial charge in [0.2, 0.25) is 5.91 Å². The minimum Gasteiger partial charge on any atom is -0.331 e. The minimum atomic E-state index is -4.38. The molecule has 0 bridgehead atoms. The Morgan fingerprint density at radius 3 is 2.24 bits per heavy atom. The second-order valence-electron chi connectivity index (χ2n) is 7.22. The highest BCUT2D eigenvalue weighted by Gasteiger charge is 2.34. The fraction of sp³-hybridized carbons (Fsp3) is 0.208. The van der Waals surface area contributed by atoms with Crippen LogP contribution in [0.2, 0.25) is 0 Å². The number of hydrogen-bond acceptors (Lipinski definition) is 1. The zero-order valence-corrected chi connectivity index (χ0v) is 15.7. The molecule has 1 atom stereocenters. The summed E-state index contributed by atoms with van der Waals surface area (Å²) in [5, 5.41) is 0. The molecule has 0 saturated carbocycles. The highest BCUT2D eigenvalue weighted by atomic mass is 19.4. The van der Waals surface area contributed by atoms with E-state index in [0.29, 0.717) is 12.1 Å². The van der Waals surface area contributed by atoms with Crippen molar-refractivity contribution >= 4 is 5.91 Å². The van der Waals surface area contributed by atoms with Crippen LogP contribution in [0.4, 0.5) is 13.2 Å². The van der Waals surface area contributed by atoms with Crippen LogP contribution >= 0.6 is 0 Å². The lowest BCUT2D eigenvalue weighted by molar-refractivity contribution is -0.137. The summed E-state index contributed by atoms with van der Waals surface area (Å²) in [6.45, 7) is 0.536. The number of halogens is 3. The van der Waals surface area contributed by atoms with Crippen LogP contribution in [0.3, 0.4) is 0 Å². The third kappa shape index (κ3) is 4.04. The van der Waals surface area contributed by atoms with E-state index in [1.165, 1.54) is 12.1 Å². The first kappa shape index (κ1) is 19.2. The summed E-state index contributed by atoms with van der Waals surface area (Å²) in [6, 6.07) is 22.1. The monoisotopic (exact) mass is 395 g/mol.